The van der Waals surface area contributed by atoms with Gasteiger partial charge in [-0.2, -0.15) is 0 Å². The van der Waals surface area contributed by atoms with Crippen LogP contribution in [0.4, 0.5) is 0 Å². The van der Waals surface area contributed by atoms with Crippen LogP contribution < -0.4 is 0 Å². The van der Waals surface area contributed by atoms with Crippen LogP contribution in [0.3, 0.4) is 0 Å². The zero-order chi connectivity index (χ0) is 12.6. The van der Waals surface area contributed by atoms with E-state index in [0.29, 0.717) is 0 Å². The smallest absolute Gasteiger partial charge is 0.0279 e. The Labute approximate surface area is 110 Å². The number of unbranched alkanes of at least 4 members (excludes halogenated alkanes) is 3. The molecular formula is C17H34. The van der Waals surface area contributed by atoms with E-state index in [9.17, 15) is 0 Å². The van der Waals surface area contributed by atoms with Crippen molar-refractivity contribution in [1.82, 2.24) is 0 Å². The molecule has 0 saturated heterocycles. The van der Waals surface area contributed by atoms with Gasteiger partial charge in [-0.3, -0.25) is 0 Å². The first-order chi connectivity index (χ1) is 7.93. The molecule has 0 N–H and O–H groups in total. The molecule has 0 aromatic heterocycles. The van der Waals surface area contributed by atoms with E-state index in [1.54, 1.807) is 0 Å². The molecule has 0 saturated carbocycles. The Morgan fingerprint density at radius 1 is 0.765 bits per heavy atom. The molecule has 1 aromatic rings. The molecule has 1 rings (SSSR count). The van der Waals surface area contributed by atoms with Crippen LogP contribution in [0.1, 0.15) is 73.3 Å². The van der Waals surface area contributed by atoms with Crippen molar-refractivity contribution < 1.29 is 0 Å². The van der Waals surface area contributed by atoms with Gasteiger partial charge in [0, 0.05) is 0 Å². The van der Waals surface area contributed by atoms with Crippen LogP contribution >= 0.6 is 0 Å². The summed E-state index contributed by atoms with van der Waals surface area (Å²) in [7, 11) is 0. The van der Waals surface area contributed by atoms with Gasteiger partial charge in [-0.1, -0.05) is 91.6 Å². The van der Waals surface area contributed by atoms with Crippen molar-refractivity contribution in [3.8, 4) is 0 Å². The van der Waals surface area contributed by atoms with Crippen molar-refractivity contribution in [3.05, 3.63) is 35.9 Å². The Balaban J connectivity index is -0.000000355. The Morgan fingerprint density at radius 2 is 1.29 bits per heavy atom. The molecular weight excluding hydrogens is 204 g/mol. The summed E-state index contributed by atoms with van der Waals surface area (Å²) < 4.78 is 0. The Hall–Kier alpha value is -0.780. The van der Waals surface area contributed by atoms with Gasteiger partial charge in [0.25, 0.3) is 0 Å². The summed E-state index contributed by atoms with van der Waals surface area (Å²) in [6, 6.07) is 10.7. The minimum absolute atomic E-state index is 0. The molecule has 102 valence electrons. The van der Waals surface area contributed by atoms with Crippen LogP contribution in [-0.2, 0) is 6.42 Å². The lowest BCUT2D eigenvalue weighted by molar-refractivity contribution is 0.667. The summed E-state index contributed by atoms with van der Waals surface area (Å²) in [5, 5.41) is 0. The third-order valence-electron chi connectivity index (χ3n) is 2.16. The first kappa shape index (κ1) is 21.5. The number of benzene rings is 1. The van der Waals surface area contributed by atoms with E-state index in [1.165, 1.54) is 37.7 Å². The lowest BCUT2D eigenvalue weighted by Gasteiger charge is -1.99. The maximum atomic E-state index is 2.25. The molecule has 0 unspecified atom stereocenters. The average Bonchev–Trinajstić information content (AvgIpc) is 2.41. The zero-order valence-electron chi connectivity index (χ0n) is 11.9. The molecule has 0 atom stereocenters. The molecule has 0 aliphatic rings. The van der Waals surface area contributed by atoms with Crippen LogP contribution in [0.25, 0.3) is 0 Å². The summed E-state index contributed by atoms with van der Waals surface area (Å²) in [6.07, 6.45) is 6.69. The van der Waals surface area contributed by atoms with Crippen molar-refractivity contribution in [2.75, 3.05) is 0 Å². The topological polar surface area (TPSA) is 0 Å². The van der Waals surface area contributed by atoms with Gasteiger partial charge in [0.05, 0.1) is 0 Å². The van der Waals surface area contributed by atoms with Crippen LogP contribution in [0.15, 0.2) is 30.3 Å². The van der Waals surface area contributed by atoms with Gasteiger partial charge in [0.15, 0.2) is 0 Å². The standard InChI is InChI=1S/C12H18.2C2H6.CH4/c1-2-3-4-6-9-12-10-7-5-8-11-12;2*1-2;/h5,7-8,10-11H,2-4,6,9H2,1H3;2*1-2H3;1H4. The molecule has 0 aliphatic carbocycles. The van der Waals surface area contributed by atoms with Crippen LogP contribution in [0.2, 0.25) is 0 Å². The molecule has 0 bridgehead atoms. The third kappa shape index (κ3) is 15.2. The molecule has 0 spiro atoms. The summed E-state index contributed by atoms with van der Waals surface area (Å²) in [5.74, 6) is 0. The fraction of sp³-hybridized carbons (Fsp3) is 0.647. The van der Waals surface area contributed by atoms with E-state index in [-0.39, 0.29) is 7.43 Å². The SMILES string of the molecule is C.CC.CC.CCCCCCc1ccccc1. The van der Waals surface area contributed by atoms with Gasteiger partial charge < -0.3 is 0 Å². The van der Waals surface area contributed by atoms with Crippen molar-refractivity contribution in [3.63, 3.8) is 0 Å². The van der Waals surface area contributed by atoms with Crippen LogP contribution in [0.5, 0.6) is 0 Å². The highest BCUT2D eigenvalue weighted by atomic mass is 14.0. The van der Waals surface area contributed by atoms with E-state index >= 15 is 0 Å². The van der Waals surface area contributed by atoms with Gasteiger partial charge in [-0.15, -0.1) is 0 Å². The summed E-state index contributed by atoms with van der Waals surface area (Å²) >= 11 is 0. The second-order valence-electron chi connectivity index (χ2n) is 3.30. The van der Waals surface area contributed by atoms with Gasteiger partial charge in [0.1, 0.15) is 0 Å². The predicted molar refractivity (Wildman–Crippen MR) is 83.7 cm³/mol. The summed E-state index contributed by atoms with van der Waals surface area (Å²) in [6.45, 7) is 10.3. The average molecular weight is 238 g/mol. The summed E-state index contributed by atoms with van der Waals surface area (Å²) in [5.41, 5.74) is 1.48. The Bertz CT molecular complexity index is 188. The van der Waals surface area contributed by atoms with Crippen LogP contribution in [0, 0.1) is 0 Å². The summed E-state index contributed by atoms with van der Waals surface area (Å²) in [4.78, 5) is 0. The predicted octanol–water partition coefficient (Wildman–Crippen LogP) is 6.50. The molecule has 0 aliphatic heterocycles. The molecule has 1 aromatic carbocycles. The fourth-order valence-electron chi connectivity index (χ4n) is 1.40. The van der Waals surface area contributed by atoms with E-state index < -0.39 is 0 Å². The molecule has 17 heavy (non-hydrogen) atoms. The maximum Gasteiger partial charge on any atom is -0.0279 e. The second kappa shape index (κ2) is 20.6. The van der Waals surface area contributed by atoms with Gasteiger partial charge in [-0.25, -0.2) is 0 Å². The van der Waals surface area contributed by atoms with Crippen molar-refractivity contribution in [2.45, 2.75) is 74.1 Å². The highest BCUT2D eigenvalue weighted by Crippen LogP contribution is 2.06. The Kier molecular flexibility index (Phi) is 26.1. The minimum Gasteiger partial charge on any atom is -0.0776 e. The van der Waals surface area contributed by atoms with Crippen molar-refractivity contribution in [1.29, 1.82) is 0 Å². The van der Waals surface area contributed by atoms with Crippen molar-refractivity contribution >= 4 is 0 Å². The quantitative estimate of drug-likeness (QED) is 0.514. The first-order valence-corrected chi connectivity index (χ1v) is 6.97. The lowest BCUT2D eigenvalue weighted by atomic mass is 10.1. The van der Waals surface area contributed by atoms with Gasteiger partial charge >= 0.3 is 0 Å². The number of hydrogen-bond donors (Lipinski definition) is 0. The molecule has 0 fully saturated rings. The highest BCUT2D eigenvalue weighted by molar-refractivity contribution is 5.14. The maximum absolute atomic E-state index is 2.25. The van der Waals surface area contributed by atoms with E-state index in [0.717, 1.165) is 0 Å². The van der Waals surface area contributed by atoms with Crippen molar-refractivity contribution in [2.24, 2.45) is 0 Å². The zero-order valence-corrected chi connectivity index (χ0v) is 11.9. The van der Waals surface area contributed by atoms with E-state index in [2.05, 4.69) is 37.3 Å². The molecule has 0 radical (unpaired) electrons. The highest BCUT2D eigenvalue weighted by Gasteiger charge is 1.90. The van der Waals surface area contributed by atoms with E-state index in [4.69, 9.17) is 0 Å². The molecule has 0 heteroatoms. The normalized spacial score (nSPS) is 7.82. The minimum atomic E-state index is 0. The first-order valence-electron chi connectivity index (χ1n) is 6.97. The Morgan fingerprint density at radius 3 is 1.76 bits per heavy atom. The molecule has 0 amide bonds. The number of rotatable bonds is 5. The fourth-order valence-corrected chi connectivity index (χ4v) is 1.40. The third-order valence-corrected chi connectivity index (χ3v) is 2.16. The second-order valence-corrected chi connectivity index (χ2v) is 3.30. The molecule has 0 heterocycles. The lowest BCUT2D eigenvalue weighted by Crippen LogP contribution is -1.84. The van der Waals surface area contributed by atoms with Crippen LogP contribution in [-0.4, -0.2) is 0 Å². The monoisotopic (exact) mass is 238 g/mol. The van der Waals surface area contributed by atoms with Gasteiger partial charge in [-0.05, 0) is 18.4 Å². The molecule has 0 nitrogen and oxygen atoms in total. The number of hydrogen-bond acceptors (Lipinski definition) is 0. The van der Waals surface area contributed by atoms with Gasteiger partial charge in [0.2, 0.25) is 0 Å². The van der Waals surface area contributed by atoms with E-state index in [1.807, 2.05) is 27.7 Å². The largest absolute Gasteiger partial charge is 0.0776 e. The number of aryl methyl sites for hydroxylation is 1.